The molecule has 0 aromatic heterocycles. The number of ether oxygens (including phenoxy) is 2. The lowest BCUT2D eigenvalue weighted by molar-refractivity contribution is -0.203. The Morgan fingerprint density at radius 1 is 1.32 bits per heavy atom. The second-order valence-corrected chi connectivity index (χ2v) is 7.65. The van der Waals surface area contributed by atoms with Crippen molar-refractivity contribution in [1.29, 1.82) is 0 Å². The fraction of sp³-hybridized carbons (Fsp3) is 0.733. The van der Waals surface area contributed by atoms with Crippen molar-refractivity contribution in [3.05, 3.63) is 0 Å². The molecule has 0 saturated carbocycles. The highest BCUT2D eigenvalue weighted by Gasteiger charge is 2.59. The van der Waals surface area contributed by atoms with Gasteiger partial charge in [0.25, 0.3) is 5.91 Å². The number of nitrogens with one attached hydrogen (secondary N) is 1. The zero-order valence-corrected chi connectivity index (χ0v) is 16.4. The lowest BCUT2D eigenvalue weighted by Crippen LogP contribution is -2.77. The molecule has 10 heteroatoms. The van der Waals surface area contributed by atoms with Crippen molar-refractivity contribution in [3.63, 3.8) is 0 Å². The smallest absolute Gasteiger partial charge is 0.330 e. The summed E-state index contributed by atoms with van der Waals surface area (Å²) in [5.74, 6) is -2.15. The first-order chi connectivity index (χ1) is 11.6. The largest absolute Gasteiger partial charge is 0.467 e. The molecule has 8 nitrogen and oxygen atoms in total. The van der Waals surface area contributed by atoms with Gasteiger partial charge in [0.05, 0.1) is 11.9 Å². The van der Waals surface area contributed by atoms with Crippen molar-refractivity contribution in [1.82, 2.24) is 10.2 Å². The number of carbonyl (C=O) groups excluding carboxylic acids is 4. The molecule has 1 N–H and O–H groups in total. The summed E-state index contributed by atoms with van der Waals surface area (Å²) in [6, 6.07) is -2.12. The number of carbonyl (C=O) groups is 4. The second kappa shape index (κ2) is 8.75. The molecule has 0 aliphatic carbocycles. The molecule has 1 fully saturated rings. The van der Waals surface area contributed by atoms with Crippen molar-refractivity contribution in [2.24, 2.45) is 0 Å². The van der Waals surface area contributed by atoms with Gasteiger partial charge in [-0.3, -0.25) is 19.3 Å². The van der Waals surface area contributed by atoms with Crippen LogP contribution in [0.15, 0.2) is 0 Å². The van der Waals surface area contributed by atoms with Crippen molar-refractivity contribution >= 4 is 45.4 Å². The maximum Gasteiger partial charge on any atom is 0.330 e. The van der Waals surface area contributed by atoms with Crippen LogP contribution in [0.1, 0.15) is 40.5 Å². The predicted molar refractivity (Wildman–Crippen MR) is 92.6 cm³/mol. The van der Waals surface area contributed by atoms with Gasteiger partial charge in [-0.15, -0.1) is 0 Å². The van der Waals surface area contributed by atoms with Crippen LogP contribution in [0.3, 0.4) is 0 Å². The fourth-order valence-corrected chi connectivity index (χ4v) is 2.95. The Morgan fingerprint density at radius 3 is 2.36 bits per heavy atom. The van der Waals surface area contributed by atoms with E-state index in [0.29, 0.717) is 0 Å². The number of β-lactam (4-membered cyclic amide) rings is 1. The van der Waals surface area contributed by atoms with Crippen LogP contribution in [-0.4, -0.2) is 58.8 Å². The number of amides is 2. The standard InChI is InChI=1S/C15H23ClN2O6S/c1-6-8(19)17-10-12(21)18(13(10)24-9(20)7-2)11(14(22)23-5)15(3,4)25-16/h10-11,13H,6-7H2,1-5H3,(H,17,19). The molecule has 25 heavy (non-hydrogen) atoms. The van der Waals surface area contributed by atoms with Crippen LogP contribution in [0.4, 0.5) is 0 Å². The molecule has 3 unspecified atom stereocenters. The second-order valence-electron chi connectivity index (χ2n) is 5.98. The van der Waals surface area contributed by atoms with Gasteiger partial charge in [-0.2, -0.15) is 0 Å². The summed E-state index contributed by atoms with van der Waals surface area (Å²) >= 11 is 0. The van der Waals surface area contributed by atoms with Crippen LogP contribution >= 0.6 is 21.7 Å². The summed E-state index contributed by atoms with van der Waals surface area (Å²) < 4.78 is 9.16. The van der Waals surface area contributed by atoms with E-state index >= 15 is 0 Å². The van der Waals surface area contributed by atoms with Crippen LogP contribution in [0.25, 0.3) is 0 Å². The topological polar surface area (TPSA) is 102 Å². The number of nitrogens with zero attached hydrogens (tertiary/aromatic N) is 1. The van der Waals surface area contributed by atoms with Crippen molar-refractivity contribution in [3.8, 4) is 0 Å². The van der Waals surface area contributed by atoms with Gasteiger partial charge in [-0.1, -0.05) is 13.8 Å². The molecular weight excluding hydrogens is 372 g/mol. The monoisotopic (exact) mass is 394 g/mol. The lowest BCUT2D eigenvalue weighted by Gasteiger charge is -2.51. The zero-order valence-electron chi connectivity index (χ0n) is 14.8. The molecule has 2 amide bonds. The van der Waals surface area contributed by atoms with Gasteiger partial charge >= 0.3 is 11.9 Å². The number of halogens is 1. The molecule has 1 saturated heterocycles. The highest BCUT2D eigenvalue weighted by atomic mass is 35.7. The number of hydrogen-bond donors (Lipinski definition) is 1. The van der Waals surface area contributed by atoms with E-state index in [4.69, 9.17) is 20.2 Å². The SMILES string of the molecule is CCC(=O)NC1C(=O)N(C(C(=O)OC)C(C)(C)SCl)C1OC(=O)CC. The third-order valence-corrected chi connectivity index (χ3v) is 5.63. The summed E-state index contributed by atoms with van der Waals surface area (Å²) in [7, 11) is 7.93. The maximum absolute atomic E-state index is 12.6. The molecule has 1 aliphatic rings. The van der Waals surface area contributed by atoms with E-state index < -0.39 is 40.9 Å². The minimum absolute atomic E-state index is 0.0868. The minimum atomic E-state index is -1.09. The van der Waals surface area contributed by atoms with Crippen LogP contribution in [0, 0.1) is 0 Å². The Labute approximate surface area is 155 Å². The number of likely N-dealkylation sites (tertiary alicyclic amines) is 1. The molecular formula is C15H23ClN2O6S. The number of hydrogen-bond acceptors (Lipinski definition) is 7. The quantitative estimate of drug-likeness (QED) is 0.487. The van der Waals surface area contributed by atoms with Gasteiger partial charge in [0.15, 0.2) is 6.04 Å². The molecule has 1 rings (SSSR count). The Balaban J connectivity index is 3.18. The van der Waals surface area contributed by atoms with Crippen LogP contribution in [0.2, 0.25) is 0 Å². The molecule has 1 heterocycles. The van der Waals surface area contributed by atoms with Gasteiger partial charge in [0.2, 0.25) is 12.1 Å². The normalized spacial score (nSPS) is 21.2. The highest BCUT2D eigenvalue weighted by Crippen LogP contribution is 2.39. The summed E-state index contributed by atoms with van der Waals surface area (Å²) in [5, 5.41) is 2.51. The first-order valence-electron chi connectivity index (χ1n) is 7.83. The average molecular weight is 395 g/mol. The van der Waals surface area contributed by atoms with E-state index in [1.165, 1.54) is 7.11 Å². The van der Waals surface area contributed by atoms with Crippen LogP contribution in [-0.2, 0) is 28.7 Å². The molecule has 142 valence electrons. The lowest BCUT2D eigenvalue weighted by atomic mass is 9.93. The molecule has 0 spiro atoms. The molecule has 3 atom stereocenters. The van der Waals surface area contributed by atoms with Gasteiger partial charge < -0.3 is 14.8 Å². The number of esters is 2. The minimum Gasteiger partial charge on any atom is -0.467 e. The summed E-state index contributed by atoms with van der Waals surface area (Å²) in [6.45, 7) is 6.56. The van der Waals surface area contributed by atoms with E-state index in [9.17, 15) is 19.2 Å². The molecule has 1 aliphatic heterocycles. The van der Waals surface area contributed by atoms with Crippen molar-refractivity contribution in [2.75, 3.05) is 7.11 Å². The van der Waals surface area contributed by atoms with Gasteiger partial charge in [0.1, 0.15) is 6.04 Å². The Kier molecular flexibility index (Phi) is 7.55. The molecule has 0 bridgehead atoms. The Bertz CT molecular complexity index is 556. The van der Waals surface area contributed by atoms with Crippen LogP contribution < -0.4 is 5.32 Å². The Morgan fingerprint density at radius 2 is 1.92 bits per heavy atom. The maximum atomic E-state index is 12.6. The third-order valence-electron chi connectivity index (χ3n) is 3.82. The predicted octanol–water partition coefficient (Wildman–Crippen LogP) is 1.21. The average Bonchev–Trinajstić information content (AvgIpc) is 2.61. The third kappa shape index (κ3) is 4.58. The highest BCUT2D eigenvalue weighted by molar-refractivity contribution is 8.22. The van der Waals surface area contributed by atoms with Crippen molar-refractivity contribution < 1.29 is 28.7 Å². The van der Waals surface area contributed by atoms with Crippen LogP contribution in [0.5, 0.6) is 0 Å². The van der Waals surface area contributed by atoms with Gasteiger partial charge in [0, 0.05) is 12.8 Å². The fourth-order valence-electron chi connectivity index (χ4n) is 2.40. The summed E-state index contributed by atoms with van der Waals surface area (Å²) in [5.41, 5.74) is 0. The first kappa shape index (κ1) is 21.6. The molecule has 0 aromatic rings. The van der Waals surface area contributed by atoms with E-state index in [1.807, 2.05) is 0 Å². The number of rotatable bonds is 8. The first-order valence-corrected chi connectivity index (χ1v) is 9.47. The Hall–Kier alpha value is -1.48. The molecule has 0 radical (unpaired) electrons. The number of methoxy groups -OCH3 is 1. The van der Waals surface area contributed by atoms with Crippen molar-refractivity contribution in [2.45, 2.75) is 63.6 Å². The van der Waals surface area contributed by atoms with E-state index in [2.05, 4.69) is 5.32 Å². The molecule has 0 aromatic carbocycles. The van der Waals surface area contributed by atoms with Gasteiger partial charge in [-0.25, -0.2) is 4.79 Å². The van der Waals surface area contributed by atoms with E-state index in [-0.39, 0.29) is 18.7 Å². The summed E-state index contributed by atoms with van der Waals surface area (Å²) in [4.78, 5) is 49.3. The van der Waals surface area contributed by atoms with E-state index in [1.54, 1.807) is 27.7 Å². The van der Waals surface area contributed by atoms with E-state index in [0.717, 1.165) is 15.9 Å². The summed E-state index contributed by atoms with van der Waals surface area (Å²) in [6.07, 6.45) is -0.840. The van der Waals surface area contributed by atoms with Gasteiger partial charge in [-0.05, 0) is 35.5 Å². The zero-order chi connectivity index (χ0) is 19.4.